The molecule has 1 rings (SSSR count). The number of nitrogens with zero attached hydrogens (tertiary/aromatic N) is 2. The van der Waals surface area contributed by atoms with Crippen molar-refractivity contribution in [3.63, 3.8) is 0 Å². The molecule has 5 nitrogen and oxygen atoms in total. The predicted molar refractivity (Wildman–Crippen MR) is 41.2 cm³/mol. The maximum Gasteiger partial charge on any atom is 0.408 e. The summed E-state index contributed by atoms with van der Waals surface area (Å²) >= 11 is 0. The molecule has 0 aliphatic carbocycles. The van der Waals surface area contributed by atoms with Crippen LogP contribution in [-0.2, 0) is 6.54 Å². The van der Waals surface area contributed by atoms with Crippen molar-refractivity contribution >= 4 is 11.6 Å². The van der Waals surface area contributed by atoms with Crippen LogP contribution < -0.4 is 11.5 Å². The van der Waals surface area contributed by atoms with Crippen LogP contribution in [0.1, 0.15) is 10.5 Å². The number of halogens is 3. The summed E-state index contributed by atoms with van der Waals surface area (Å²) in [5.74, 6) is -1.04. The zero-order valence-electron chi connectivity index (χ0n) is 6.88. The fourth-order valence-corrected chi connectivity index (χ4v) is 0.959. The van der Waals surface area contributed by atoms with E-state index in [-0.39, 0.29) is 5.69 Å². The minimum Gasteiger partial charge on any atom is -0.396 e. The molecule has 1 aromatic heterocycles. The minimum absolute atomic E-state index is 0.165. The van der Waals surface area contributed by atoms with Gasteiger partial charge in [0, 0.05) is 0 Å². The van der Waals surface area contributed by atoms with E-state index in [1.54, 1.807) is 0 Å². The molecule has 4 N–H and O–H groups in total. The van der Waals surface area contributed by atoms with Crippen molar-refractivity contribution in [2.24, 2.45) is 5.73 Å². The van der Waals surface area contributed by atoms with Gasteiger partial charge in [0.1, 0.15) is 12.2 Å². The predicted octanol–water partition coefficient (Wildman–Crippen LogP) is 0.126. The van der Waals surface area contributed by atoms with Crippen LogP contribution >= 0.6 is 0 Å². The Labute approximate surface area is 76.5 Å². The van der Waals surface area contributed by atoms with Gasteiger partial charge in [0.15, 0.2) is 0 Å². The van der Waals surface area contributed by atoms with Crippen molar-refractivity contribution < 1.29 is 18.0 Å². The van der Waals surface area contributed by atoms with Gasteiger partial charge in [-0.25, -0.2) is 4.68 Å². The molecule has 0 spiro atoms. The van der Waals surface area contributed by atoms with Crippen LogP contribution in [0.5, 0.6) is 0 Å². The molecule has 0 fully saturated rings. The Bertz CT molecular complexity index is 356. The van der Waals surface area contributed by atoms with Crippen LogP contribution in [0, 0.1) is 0 Å². The second-order valence-electron chi connectivity index (χ2n) is 2.59. The lowest BCUT2D eigenvalue weighted by Gasteiger charge is -2.08. The molecule has 0 atom stereocenters. The van der Waals surface area contributed by atoms with Gasteiger partial charge in [-0.1, -0.05) is 0 Å². The van der Waals surface area contributed by atoms with Crippen molar-refractivity contribution in [2.45, 2.75) is 12.7 Å². The molecule has 0 saturated heterocycles. The number of hydrogen-bond acceptors (Lipinski definition) is 3. The van der Waals surface area contributed by atoms with Crippen molar-refractivity contribution in [1.82, 2.24) is 9.78 Å². The Morgan fingerprint density at radius 2 is 2.14 bits per heavy atom. The lowest BCUT2D eigenvalue weighted by Crippen LogP contribution is -2.25. The van der Waals surface area contributed by atoms with Gasteiger partial charge in [-0.15, -0.1) is 0 Å². The van der Waals surface area contributed by atoms with Crippen molar-refractivity contribution in [2.75, 3.05) is 5.73 Å². The van der Waals surface area contributed by atoms with Crippen LogP contribution in [0.3, 0.4) is 0 Å². The number of nitrogens with two attached hydrogens (primary N) is 2. The Morgan fingerprint density at radius 3 is 2.57 bits per heavy atom. The second-order valence-corrected chi connectivity index (χ2v) is 2.59. The lowest BCUT2D eigenvalue weighted by molar-refractivity contribution is -0.142. The summed E-state index contributed by atoms with van der Waals surface area (Å²) in [6.45, 7) is -1.39. The van der Waals surface area contributed by atoms with E-state index >= 15 is 0 Å². The molecular formula is C6H7F3N4O. The molecule has 0 aliphatic heterocycles. The summed E-state index contributed by atoms with van der Waals surface area (Å²) in [7, 11) is 0. The highest BCUT2D eigenvalue weighted by molar-refractivity contribution is 5.96. The van der Waals surface area contributed by atoms with Crippen LogP contribution in [0.25, 0.3) is 0 Å². The Kier molecular flexibility index (Phi) is 2.37. The lowest BCUT2D eigenvalue weighted by atomic mass is 10.3. The summed E-state index contributed by atoms with van der Waals surface area (Å²) in [4.78, 5) is 10.7. The molecular weight excluding hydrogens is 201 g/mol. The largest absolute Gasteiger partial charge is 0.408 e. The average Bonchev–Trinajstić information content (AvgIpc) is 2.27. The highest BCUT2D eigenvalue weighted by Gasteiger charge is 2.30. The molecule has 0 unspecified atom stereocenters. The number of hydrogen-bond donors (Lipinski definition) is 2. The van der Waals surface area contributed by atoms with Gasteiger partial charge in [0.25, 0.3) is 5.91 Å². The Morgan fingerprint density at radius 1 is 1.57 bits per heavy atom. The van der Waals surface area contributed by atoms with Crippen LogP contribution in [0.2, 0.25) is 0 Å². The van der Waals surface area contributed by atoms with Crippen molar-refractivity contribution in [1.29, 1.82) is 0 Å². The number of rotatable bonds is 2. The number of anilines is 1. The van der Waals surface area contributed by atoms with E-state index in [9.17, 15) is 18.0 Å². The summed E-state index contributed by atoms with van der Waals surface area (Å²) in [6, 6.07) is 0. The first-order valence-electron chi connectivity index (χ1n) is 3.49. The molecule has 1 aromatic rings. The van der Waals surface area contributed by atoms with Crippen LogP contribution in [0.15, 0.2) is 6.20 Å². The second kappa shape index (κ2) is 3.20. The number of carbonyl (C=O) groups excluding carboxylic acids is 1. The first kappa shape index (κ1) is 10.4. The van der Waals surface area contributed by atoms with E-state index in [0.717, 1.165) is 6.20 Å². The fraction of sp³-hybridized carbons (Fsp3) is 0.333. The highest BCUT2D eigenvalue weighted by atomic mass is 19.4. The summed E-state index contributed by atoms with van der Waals surface area (Å²) in [6.07, 6.45) is -3.52. The van der Waals surface area contributed by atoms with Crippen molar-refractivity contribution in [3.8, 4) is 0 Å². The maximum absolute atomic E-state index is 11.9. The normalized spacial score (nSPS) is 11.6. The average molecular weight is 208 g/mol. The van der Waals surface area contributed by atoms with E-state index in [2.05, 4.69) is 5.10 Å². The fourth-order valence-electron chi connectivity index (χ4n) is 0.959. The third kappa shape index (κ3) is 2.15. The van der Waals surface area contributed by atoms with E-state index in [4.69, 9.17) is 11.5 Å². The summed E-state index contributed by atoms with van der Waals surface area (Å²) < 4.78 is 36.2. The molecule has 0 aliphatic rings. The van der Waals surface area contributed by atoms with E-state index in [1.807, 2.05) is 0 Å². The molecule has 1 heterocycles. The number of primary amides is 1. The topological polar surface area (TPSA) is 86.9 Å². The molecule has 0 saturated carbocycles. The molecule has 1 amide bonds. The maximum atomic E-state index is 11.9. The first-order chi connectivity index (χ1) is 6.31. The Hall–Kier alpha value is -1.73. The number of nitrogen functional groups attached to an aromatic ring is 1. The molecule has 0 bridgehead atoms. The molecule has 78 valence electrons. The van der Waals surface area contributed by atoms with Gasteiger partial charge >= 0.3 is 6.18 Å². The third-order valence-electron chi connectivity index (χ3n) is 1.43. The number of carbonyl (C=O) groups is 1. The van der Waals surface area contributed by atoms with Gasteiger partial charge in [0.2, 0.25) is 0 Å². The van der Waals surface area contributed by atoms with Gasteiger partial charge < -0.3 is 11.5 Å². The summed E-state index contributed by atoms with van der Waals surface area (Å²) in [5.41, 5.74) is 9.45. The molecule has 8 heteroatoms. The van der Waals surface area contributed by atoms with E-state index < -0.39 is 24.3 Å². The van der Waals surface area contributed by atoms with Crippen LogP contribution in [-0.4, -0.2) is 21.9 Å². The van der Waals surface area contributed by atoms with E-state index in [1.165, 1.54) is 0 Å². The van der Waals surface area contributed by atoms with Gasteiger partial charge in [0.05, 0.1) is 11.9 Å². The smallest absolute Gasteiger partial charge is 0.396 e. The highest BCUT2D eigenvalue weighted by Crippen LogP contribution is 2.20. The minimum atomic E-state index is -4.47. The number of aromatic nitrogens is 2. The summed E-state index contributed by atoms with van der Waals surface area (Å²) in [5, 5.41) is 3.29. The van der Waals surface area contributed by atoms with Crippen molar-refractivity contribution in [3.05, 3.63) is 11.9 Å². The van der Waals surface area contributed by atoms with Gasteiger partial charge in [-0.2, -0.15) is 18.3 Å². The zero-order valence-corrected chi connectivity index (χ0v) is 6.88. The zero-order chi connectivity index (χ0) is 10.9. The first-order valence-corrected chi connectivity index (χ1v) is 3.49. The SMILES string of the molecule is NC(=O)c1c(N)cnn1CC(F)(F)F. The van der Waals surface area contributed by atoms with E-state index in [0.29, 0.717) is 4.68 Å². The van der Waals surface area contributed by atoms with Crippen LogP contribution in [0.4, 0.5) is 18.9 Å². The quantitative estimate of drug-likeness (QED) is 0.723. The standard InChI is InChI=1S/C6H7F3N4O/c7-6(8,9)2-13-4(5(11)14)3(10)1-12-13/h1H,2,10H2,(H2,11,14). The molecule has 0 aromatic carbocycles. The third-order valence-corrected chi connectivity index (χ3v) is 1.43. The molecule has 14 heavy (non-hydrogen) atoms. The molecule has 0 radical (unpaired) electrons. The number of amides is 1. The number of alkyl halides is 3. The van der Waals surface area contributed by atoms with Gasteiger partial charge in [-0.05, 0) is 0 Å². The van der Waals surface area contributed by atoms with Gasteiger partial charge in [-0.3, -0.25) is 4.79 Å². The Balaban J connectivity index is 3.04. The monoisotopic (exact) mass is 208 g/mol.